The number of benzene rings is 1. The molecular formula is C19H26IN5O. The number of rotatable bonds is 5. The van der Waals surface area contributed by atoms with E-state index >= 15 is 0 Å². The van der Waals surface area contributed by atoms with Gasteiger partial charge in [0.05, 0.1) is 25.0 Å². The Balaban J connectivity index is 0.00000243. The quantitative estimate of drug-likeness (QED) is 0.403. The van der Waals surface area contributed by atoms with Gasteiger partial charge in [0, 0.05) is 32.4 Å². The summed E-state index contributed by atoms with van der Waals surface area (Å²) in [7, 11) is 3.51. The second-order valence-electron chi connectivity index (χ2n) is 5.99. The highest BCUT2D eigenvalue weighted by molar-refractivity contribution is 14.0. The Kier molecular flexibility index (Phi) is 7.96. The van der Waals surface area contributed by atoms with Crippen molar-refractivity contribution in [2.24, 2.45) is 4.99 Å². The van der Waals surface area contributed by atoms with Crippen LogP contribution in [-0.4, -0.2) is 44.2 Å². The average Bonchev–Trinajstić information content (AvgIpc) is 3.14. The van der Waals surface area contributed by atoms with Crippen molar-refractivity contribution in [2.75, 3.05) is 32.1 Å². The first kappa shape index (κ1) is 20.3. The number of methoxy groups -OCH3 is 1. The molecule has 140 valence electrons. The summed E-state index contributed by atoms with van der Waals surface area (Å²) in [6.45, 7) is 2.57. The molecule has 1 aromatic heterocycles. The number of para-hydroxylation sites is 2. The molecule has 1 unspecified atom stereocenters. The lowest BCUT2D eigenvalue weighted by Gasteiger charge is -2.22. The number of aromatic nitrogens is 1. The van der Waals surface area contributed by atoms with Crippen molar-refractivity contribution < 1.29 is 4.74 Å². The first-order chi connectivity index (χ1) is 12.3. The summed E-state index contributed by atoms with van der Waals surface area (Å²) in [5, 5.41) is 6.82. The molecule has 0 radical (unpaired) electrons. The predicted octanol–water partition coefficient (Wildman–Crippen LogP) is 2.65. The number of anilines is 1. The summed E-state index contributed by atoms with van der Waals surface area (Å²) < 4.78 is 5.48. The number of guanidine groups is 1. The van der Waals surface area contributed by atoms with E-state index in [1.807, 2.05) is 36.4 Å². The van der Waals surface area contributed by atoms with Gasteiger partial charge in [-0.05, 0) is 30.7 Å². The second-order valence-corrected chi connectivity index (χ2v) is 5.99. The van der Waals surface area contributed by atoms with E-state index in [0.717, 1.165) is 42.6 Å². The lowest BCUT2D eigenvalue weighted by atomic mass is 10.2. The Labute approximate surface area is 172 Å². The summed E-state index contributed by atoms with van der Waals surface area (Å²) in [5.41, 5.74) is 2.14. The molecule has 1 atom stereocenters. The van der Waals surface area contributed by atoms with E-state index < -0.39 is 0 Å². The van der Waals surface area contributed by atoms with Gasteiger partial charge in [0.25, 0.3) is 0 Å². The molecule has 1 aliphatic heterocycles. The van der Waals surface area contributed by atoms with Gasteiger partial charge in [-0.25, -0.2) is 0 Å². The molecule has 0 aliphatic carbocycles. The predicted molar refractivity (Wildman–Crippen MR) is 117 cm³/mol. The molecule has 0 saturated carbocycles. The second kappa shape index (κ2) is 10.2. The topological polar surface area (TPSA) is 61.8 Å². The van der Waals surface area contributed by atoms with E-state index in [1.54, 1.807) is 20.4 Å². The first-order valence-electron chi connectivity index (χ1n) is 8.55. The van der Waals surface area contributed by atoms with Crippen molar-refractivity contribution in [3.8, 4) is 5.75 Å². The van der Waals surface area contributed by atoms with E-state index in [9.17, 15) is 0 Å². The first-order valence-corrected chi connectivity index (χ1v) is 8.55. The third-order valence-electron chi connectivity index (χ3n) is 4.34. The normalized spacial score (nSPS) is 16.8. The largest absolute Gasteiger partial charge is 0.495 e. The summed E-state index contributed by atoms with van der Waals surface area (Å²) in [5.74, 6) is 1.72. The van der Waals surface area contributed by atoms with Crippen LogP contribution in [0.5, 0.6) is 5.75 Å². The number of halogens is 1. The minimum Gasteiger partial charge on any atom is -0.495 e. The molecule has 0 bridgehead atoms. The molecule has 1 fully saturated rings. The number of aliphatic imine (C=N–C) groups is 1. The summed E-state index contributed by atoms with van der Waals surface area (Å²) in [6.07, 6.45) is 2.86. The molecule has 1 aromatic carbocycles. The van der Waals surface area contributed by atoms with Crippen LogP contribution >= 0.6 is 24.0 Å². The van der Waals surface area contributed by atoms with Crippen molar-refractivity contribution in [3.05, 3.63) is 54.4 Å². The fraction of sp³-hybridized carbons (Fsp3) is 0.368. The van der Waals surface area contributed by atoms with Gasteiger partial charge in [0.1, 0.15) is 5.75 Å². The van der Waals surface area contributed by atoms with Gasteiger partial charge in [-0.2, -0.15) is 0 Å². The van der Waals surface area contributed by atoms with Crippen LogP contribution < -0.4 is 20.3 Å². The Hall–Kier alpha value is -2.03. The number of nitrogens with one attached hydrogen (secondary N) is 2. The van der Waals surface area contributed by atoms with Crippen molar-refractivity contribution in [1.82, 2.24) is 15.6 Å². The van der Waals surface area contributed by atoms with Crippen molar-refractivity contribution >= 4 is 35.6 Å². The van der Waals surface area contributed by atoms with Crippen LogP contribution in [0.2, 0.25) is 0 Å². The van der Waals surface area contributed by atoms with Crippen molar-refractivity contribution in [1.29, 1.82) is 0 Å². The Morgan fingerprint density at radius 2 is 2.08 bits per heavy atom. The van der Waals surface area contributed by atoms with Gasteiger partial charge >= 0.3 is 0 Å². The Morgan fingerprint density at radius 3 is 2.81 bits per heavy atom. The molecule has 2 aromatic rings. The zero-order valence-corrected chi connectivity index (χ0v) is 17.5. The van der Waals surface area contributed by atoms with Crippen LogP contribution in [0.15, 0.2) is 53.7 Å². The van der Waals surface area contributed by atoms with Gasteiger partial charge < -0.3 is 20.3 Å². The van der Waals surface area contributed by atoms with E-state index in [1.165, 1.54) is 0 Å². The number of pyridine rings is 1. The minimum atomic E-state index is 0. The maximum atomic E-state index is 5.48. The van der Waals surface area contributed by atoms with Crippen LogP contribution in [0, 0.1) is 0 Å². The van der Waals surface area contributed by atoms with E-state index in [0.29, 0.717) is 12.6 Å². The fourth-order valence-corrected chi connectivity index (χ4v) is 3.05. The van der Waals surface area contributed by atoms with E-state index in [2.05, 4.69) is 31.6 Å². The van der Waals surface area contributed by atoms with Gasteiger partial charge in [0.15, 0.2) is 5.96 Å². The number of nitrogens with zero attached hydrogens (tertiary/aromatic N) is 3. The summed E-state index contributed by atoms with van der Waals surface area (Å²) >= 11 is 0. The number of ether oxygens (including phenoxy) is 1. The minimum absolute atomic E-state index is 0. The van der Waals surface area contributed by atoms with Gasteiger partial charge in [0.2, 0.25) is 0 Å². The molecule has 0 spiro atoms. The average molecular weight is 467 g/mol. The lowest BCUT2D eigenvalue weighted by molar-refractivity contribution is 0.415. The lowest BCUT2D eigenvalue weighted by Crippen LogP contribution is -2.44. The standard InChI is InChI=1S/C19H25N5O.HI/c1-20-19(22-13-15-7-5-6-11-21-15)23-16-10-12-24(14-16)17-8-3-4-9-18(17)25-2;/h3-9,11,16H,10,12-14H2,1-2H3,(H2,20,22,23);1H. The van der Waals surface area contributed by atoms with Gasteiger partial charge in [-0.3, -0.25) is 9.98 Å². The van der Waals surface area contributed by atoms with Crippen molar-refractivity contribution in [3.63, 3.8) is 0 Å². The van der Waals surface area contributed by atoms with Crippen molar-refractivity contribution in [2.45, 2.75) is 19.0 Å². The monoisotopic (exact) mass is 467 g/mol. The van der Waals surface area contributed by atoms with Crippen LogP contribution in [0.4, 0.5) is 5.69 Å². The molecule has 1 saturated heterocycles. The highest BCUT2D eigenvalue weighted by Gasteiger charge is 2.25. The highest BCUT2D eigenvalue weighted by atomic mass is 127. The molecular weight excluding hydrogens is 441 g/mol. The summed E-state index contributed by atoms with van der Waals surface area (Å²) in [4.78, 5) is 11.0. The molecule has 2 heterocycles. The smallest absolute Gasteiger partial charge is 0.191 e. The van der Waals surface area contributed by atoms with Crippen LogP contribution in [0.25, 0.3) is 0 Å². The zero-order valence-electron chi connectivity index (χ0n) is 15.2. The molecule has 6 nitrogen and oxygen atoms in total. The zero-order chi connectivity index (χ0) is 17.5. The van der Waals surface area contributed by atoms with Crippen LogP contribution in [0.3, 0.4) is 0 Å². The molecule has 7 heteroatoms. The number of hydrogen-bond donors (Lipinski definition) is 2. The maximum absolute atomic E-state index is 5.48. The van der Waals surface area contributed by atoms with Gasteiger partial charge in [-0.1, -0.05) is 18.2 Å². The highest BCUT2D eigenvalue weighted by Crippen LogP contribution is 2.30. The van der Waals surface area contributed by atoms with E-state index in [4.69, 9.17) is 4.74 Å². The Morgan fingerprint density at radius 1 is 1.27 bits per heavy atom. The molecule has 1 aliphatic rings. The fourth-order valence-electron chi connectivity index (χ4n) is 3.05. The molecule has 3 rings (SSSR count). The van der Waals surface area contributed by atoms with Crippen LogP contribution in [0.1, 0.15) is 12.1 Å². The third-order valence-corrected chi connectivity index (χ3v) is 4.34. The maximum Gasteiger partial charge on any atom is 0.191 e. The third kappa shape index (κ3) is 5.23. The van der Waals surface area contributed by atoms with Crippen LogP contribution in [-0.2, 0) is 6.54 Å². The Bertz CT molecular complexity index is 710. The van der Waals surface area contributed by atoms with Gasteiger partial charge in [-0.15, -0.1) is 24.0 Å². The SMILES string of the molecule is CN=C(NCc1ccccn1)NC1CCN(c2ccccc2OC)C1.I. The number of hydrogen-bond acceptors (Lipinski definition) is 4. The molecule has 0 amide bonds. The van der Waals surface area contributed by atoms with E-state index in [-0.39, 0.29) is 24.0 Å². The molecule has 2 N–H and O–H groups in total. The summed E-state index contributed by atoms with van der Waals surface area (Å²) in [6, 6.07) is 14.4. The molecule has 26 heavy (non-hydrogen) atoms.